The van der Waals surface area contributed by atoms with Crippen LogP contribution in [0.25, 0.3) is 0 Å². The summed E-state index contributed by atoms with van der Waals surface area (Å²) in [6.45, 7) is 7.09. The number of pyridine rings is 1. The zero-order valence-corrected chi connectivity index (χ0v) is 13.8. The largest absolute Gasteiger partial charge is 0.396 e. The Morgan fingerprint density at radius 1 is 1.25 bits per heavy atom. The van der Waals surface area contributed by atoms with Crippen molar-refractivity contribution in [3.8, 4) is 0 Å². The minimum absolute atomic E-state index is 0.115. The minimum atomic E-state index is -0.249. The molecule has 0 spiro atoms. The summed E-state index contributed by atoms with van der Waals surface area (Å²) in [5.41, 5.74) is -0.249. The van der Waals surface area contributed by atoms with Crippen LogP contribution in [0.1, 0.15) is 40.0 Å². The van der Waals surface area contributed by atoms with Crippen LogP contribution in [-0.4, -0.2) is 28.8 Å². The number of nitrogens with zero attached hydrogens (tertiary/aromatic N) is 1. The van der Waals surface area contributed by atoms with Crippen LogP contribution in [0.5, 0.6) is 0 Å². The fourth-order valence-corrected chi connectivity index (χ4v) is 2.25. The van der Waals surface area contributed by atoms with Crippen LogP contribution in [-0.2, 0) is 0 Å². The molecular weight excluding hydrogens is 297 g/mol. The first kappa shape index (κ1) is 17.3. The van der Waals surface area contributed by atoms with Gasteiger partial charge in [0.2, 0.25) is 0 Å². The number of halogens is 2. The van der Waals surface area contributed by atoms with E-state index in [1.54, 1.807) is 6.07 Å². The van der Waals surface area contributed by atoms with E-state index in [-0.39, 0.29) is 12.1 Å². The van der Waals surface area contributed by atoms with Crippen LogP contribution in [0.15, 0.2) is 6.07 Å². The van der Waals surface area contributed by atoms with Gasteiger partial charge in [-0.3, -0.25) is 0 Å². The Balaban J connectivity index is 2.99. The highest BCUT2D eigenvalue weighted by Gasteiger charge is 2.23. The van der Waals surface area contributed by atoms with E-state index in [1.807, 2.05) is 6.92 Å². The van der Waals surface area contributed by atoms with Gasteiger partial charge >= 0.3 is 0 Å². The Morgan fingerprint density at radius 3 is 2.45 bits per heavy atom. The smallest absolute Gasteiger partial charge is 0.147 e. The highest BCUT2D eigenvalue weighted by molar-refractivity contribution is 6.37. The van der Waals surface area contributed by atoms with Crippen molar-refractivity contribution in [2.75, 3.05) is 23.8 Å². The molecule has 1 aromatic heterocycles. The molecule has 1 unspecified atom stereocenters. The molecule has 20 heavy (non-hydrogen) atoms. The van der Waals surface area contributed by atoms with Gasteiger partial charge in [-0.05, 0) is 32.3 Å². The van der Waals surface area contributed by atoms with E-state index in [2.05, 4.69) is 29.5 Å². The van der Waals surface area contributed by atoms with E-state index in [0.29, 0.717) is 28.1 Å². The Morgan fingerprint density at radius 2 is 1.90 bits per heavy atom. The average Bonchev–Trinajstić information content (AvgIpc) is 2.41. The lowest BCUT2D eigenvalue weighted by Crippen LogP contribution is -2.35. The zero-order valence-electron chi connectivity index (χ0n) is 12.3. The first-order valence-corrected chi connectivity index (χ1v) is 7.70. The molecule has 0 fully saturated rings. The van der Waals surface area contributed by atoms with E-state index >= 15 is 0 Å². The molecule has 3 N–H and O–H groups in total. The quantitative estimate of drug-likeness (QED) is 0.673. The number of rotatable bonds is 8. The molecule has 0 aliphatic carbocycles. The van der Waals surface area contributed by atoms with E-state index < -0.39 is 0 Å². The van der Waals surface area contributed by atoms with Crippen molar-refractivity contribution in [1.82, 2.24) is 4.98 Å². The lowest BCUT2D eigenvalue weighted by Gasteiger charge is -2.30. The van der Waals surface area contributed by atoms with E-state index in [1.165, 1.54) is 0 Å². The molecule has 0 aromatic carbocycles. The van der Waals surface area contributed by atoms with Crippen LogP contribution >= 0.6 is 23.2 Å². The lowest BCUT2D eigenvalue weighted by molar-refractivity contribution is 0.252. The standard InChI is InChI=1S/C14H23Cl2N3O/c1-4-7-17-12-10(15)9-11(16)13(18-12)19-14(3,5-2)6-8-20/h9,20H,4-8H2,1-3H3,(H2,17,18,19). The fourth-order valence-electron chi connectivity index (χ4n) is 1.78. The van der Waals surface area contributed by atoms with Gasteiger partial charge in [0.05, 0.1) is 10.0 Å². The summed E-state index contributed by atoms with van der Waals surface area (Å²) in [6.07, 6.45) is 2.47. The lowest BCUT2D eigenvalue weighted by atomic mass is 9.95. The van der Waals surface area contributed by atoms with Crippen molar-refractivity contribution in [3.05, 3.63) is 16.1 Å². The first-order valence-electron chi connectivity index (χ1n) is 6.94. The second-order valence-electron chi connectivity index (χ2n) is 5.09. The van der Waals surface area contributed by atoms with Crippen molar-refractivity contribution in [3.63, 3.8) is 0 Å². The van der Waals surface area contributed by atoms with Gasteiger partial charge in [-0.15, -0.1) is 0 Å². The molecule has 0 saturated carbocycles. The monoisotopic (exact) mass is 319 g/mol. The summed E-state index contributed by atoms with van der Waals surface area (Å²) >= 11 is 12.3. The predicted octanol–water partition coefficient (Wildman–Crippen LogP) is 4.17. The predicted molar refractivity (Wildman–Crippen MR) is 87.1 cm³/mol. The van der Waals surface area contributed by atoms with Crippen LogP contribution in [0.2, 0.25) is 10.0 Å². The van der Waals surface area contributed by atoms with Crippen molar-refractivity contribution in [2.24, 2.45) is 0 Å². The van der Waals surface area contributed by atoms with Crippen LogP contribution < -0.4 is 10.6 Å². The number of nitrogens with one attached hydrogen (secondary N) is 2. The van der Waals surface area contributed by atoms with Gasteiger partial charge in [-0.1, -0.05) is 37.0 Å². The van der Waals surface area contributed by atoms with Crippen molar-refractivity contribution in [1.29, 1.82) is 0 Å². The van der Waals surface area contributed by atoms with E-state index in [4.69, 9.17) is 28.3 Å². The van der Waals surface area contributed by atoms with Gasteiger partial charge in [0, 0.05) is 18.7 Å². The molecule has 0 amide bonds. The fraction of sp³-hybridized carbons (Fsp3) is 0.643. The normalized spacial score (nSPS) is 13.9. The van der Waals surface area contributed by atoms with Gasteiger partial charge in [-0.2, -0.15) is 0 Å². The Bertz CT molecular complexity index is 443. The summed E-state index contributed by atoms with van der Waals surface area (Å²) in [7, 11) is 0. The van der Waals surface area contributed by atoms with Crippen LogP contribution in [0.3, 0.4) is 0 Å². The third-order valence-electron chi connectivity index (χ3n) is 3.34. The summed E-state index contributed by atoms with van der Waals surface area (Å²) in [5.74, 6) is 1.22. The maximum atomic E-state index is 9.17. The molecule has 114 valence electrons. The SMILES string of the molecule is CCCNc1nc(NC(C)(CC)CCO)c(Cl)cc1Cl. The van der Waals surface area contributed by atoms with Crippen molar-refractivity contribution in [2.45, 2.75) is 45.6 Å². The summed E-state index contributed by atoms with van der Waals surface area (Å²) < 4.78 is 0. The Labute approximate surface area is 130 Å². The molecule has 0 aliphatic rings. The first-order chi connectivity index (χ1) is 9.45. The van der Waals surface area contributed by atoms with Crippen LogP contribution in [0, 0.1) is 0 Å². The number of aliphatic hydroxyl groups excluding tert-OH is 1. The molecule has 1 atom stereocenters. The molecule has 0 saturated heterocycles. The maximum absolute atomic E-state index is 9.17. The number of anilines is 2. The average molecular weight is 320 g/mol. The summed E-state index contributed by atoms with van der Waals surface area (Å²) in [6, 6.07) is 1.69. The second-order valence-corrected chi connectivity index (χ2v) is 5.90. The molecule has 1 rings (SSSR count). The van der Waals surface area contributed by atoms with Crippen molar-refractivity contribution < 1.29 is 5.11 Å². The molecule has 0 radical (unpaired) electrons. The van der Waals surface area contributed by atoms with Crippen LogP contribution in [0.4, 0.5) is 11.6 Å². The highest BCUT2D eigenvalue weighted by atomic mass is 35.5. The van der Waals surface area contributed by atoms with Crippen molar-refractivity contribution >= 4 is 34.8 Å². The van der Waals surface area contributed by atoms with Gasteiger partial charge in [0.25, 0.3) is 0 Å². The molecule has 1 heterocycles. The zero-order chi connectivity index (χ0) is 15.2. The Kier molecular flexibility index (Phi) is 6.86. The third-order valence-corrected chi connectivity index (χ3v) is 3.91. The molecule has 0 bridgehead atoms. The molecule has 1 aromatic rings. The van der Waals surface area contributed by atoms with Gasteiger partial charge < -0.3 is 15.7 Å². The summed E-state index contributed by atoms with van der Waals surface area (Å²) in [5, 5.41) is 16.6. The molecule has 4 nitrogen and oxygen atoms in total. The second kappa shape index (κ2) is 7.91. The minimum Gasteiger partial charge on any atom is -0.396 e. The number of aliphatic hydroxyl groups is 1. The Hall–Kier alpha value is -0.710. The number of aromatic nitrogens is 1. The molecule has 0 aliphatic heterocycles. The van der Waals surface area contributed by atoms with Gasteiger partial charge in [-0.25, -0.2) is 4.98 Å². The molecule has 6 heteroatoms. The number of hydrogen-bond donors (Lipinski definition) is 3. The van der Waals surface area contributed by atoms with Gasteiger partial charge in [0.15, 0.2) is 0 Å². The maximum Gasteiger partial charge on any atom is 0.147 e. The number of hydrogen-bond acceptors (Lipinski definition) is 4. The highest BCUT2D eigenvalue weighted by Crippen LogP contribution is 2.32. The van der Waals surface area contributed by atoms with E-state index in [9.17, 15) is 0 Å². The third kappa shape index (κ3) is 4.69. The topological polar surface area (TPSA) is 57.2 Å². The summed E-state index contributed by atoms with van der Waals surface area (Å²) in [4.78, 5) is 4.46. The van der Waals surface area contributed by atoms with Gasteiger partial charge in [0.1, 0.15) is 11.6 Å². The molecular formula is C14H23Cl2N3O. The van der Waals surface area contributed by atoms with E-state index in [0.717, 1.165) is 19.4 Å².